The highest BCUT2D eigenvalue weighted by atomic mass is 35.5. The molecule has 2 aromatic rings. The third-order valence-corrected chi connectivity index (χ3v) is 3.38. The van der Waals surface area contributed by atoms with E-state index in [1.165, 1.54) is 26.4 Å². The molecule has 0 unspecified atom stereocenters. The zero-order chi connectivity index (χ0) is 17.7. The second kappa shape index (κ2) is 7.65. The number of amides is 2. The van der Waals surface area contributed by atoms with Crippen molar-refractivity contribution in [2.24, 2.45) is 0 Å². The van der Waals surface area contributed by atoms with Gasteiger partial charge in [0, 0.05) is 18.3 Å². The molecule has 0 bridgehead atoms. The topological polar surface area (TPSA) is 89.5 Å². The van der Waals surface area contributed by atoms with Crippen molar-refractivity contribution in [2.45, 2.75) is 6.92 Å². The molecule has 2 amide bonds. The van der Waals surface area contributed by atoms with Crippen LogP contribution in [0.3, 0.4) is 0 Å². The first-order valence-electron chi connectivity index (χ1n) is 6.91. The Bertz CT molecular complexity index is 763. The Morgan fingerprint density at radius 3 is 2.29 bits per heavy atom. The maximum atomic E-state index is 12.1. The monoisotopic (exact) mass is 349 g/mol. The van der Waals surface area contributed by atoms with Gasteiger partial charge < -0.3 is 20.1 Å². The number of ether oxygens (including phenoxy) is 2. The standard InChI is InChI=1S/C16H16ClN3O4/c1-9-4-5-14(18-8-9)20-16(22)15(21)19-11-7-12(23-2)10(17)6-13(11)24-3/h4-8H,1-3H3,(H,19,21)(H,18,20,22). The van der Waals surface area contributed by atoms with Crippen molar-refractivity contribution in [1.82, 2.24) is 4.98 Å². The highest BCUT2D eigenvalue weighted by molar-refractivity contribution is 6.43. The average Bonchev–Trinajstić information content (AvgIpc) is 2.57. The van der Waals surface area contributed by atoms with Crippen LogP contribution >= 0.6 is 11.6 Å². The molecule has 8 heteroatoms. The Balaban J connectivity index is 2.13. The van der Waals surface area contributed by atoms with Crippen molar-refractivity contribution in [1.29, 1.82) is 0 Å². The Kier molecular flexibility index (Phi) is 5.59. The van der Waals surface area contributed by atoms with Gasteiger partial charge in [0.05, 0.1) is 24.9 Å². The summed E-state index contributed by atoms with van der Waals surface area (Å²) in [4.78, 5) is 28.0. The van der Waals surface area contributed by atoms with Crippen LogP contribution in [0.25, 0.3) is 0 Å². The highest BCUT2D eigenvalue weighted by Gasteiger charge is 2.18. The molecule has 0 spiro atoms. The number of nitrogens with zero attached hydrogens (tertiary/aromatic N) is 1. The first kappa shape index (κ1) is 17.6. The number of methoxy groups -OCH3 is 2. The second-order valence-corrected chi connectivity index (χ2v) is 5.22. The fraction of sp³-hybridized carbons (Fsp3) is 0.188. The molecule has 0 saturated heterocycles. The molecule has 2 rings (SSSR count). The Hall–Kier alpha value is -2.80. The largest absolute Gasteiger partial charge is 0.495 e. The number of carbonyl (C=O) groups excluding carboxylic acids is 2. The zero-order valence-corrected chi connectivity index (χ0v) is 14.1. The maximum absolute atomic E-state index is 12.1. The zero-order valence-electron chi connectivity index (χ0n) is 13.3. The molecule has 0 fully saturated rings. The fourth-order valence-corrected chi connectivity index (χ4v) is 2.08. The van der Waals surface area contributed by atoms with Gasteiger partial charge in [0.25, 0.3) is 0 Å². The van der Waals surface area contributed by atoms with E-state index < -0.39 is 11.8 Å². The first-order valence-corrected chi connectivity index (χ1v) is 7.29. The van der Waals surface area contributed by atoms with E-state index in [4.69, 9.17) is 21.1 Å². The molecule has 1 heterocycles. The van der Waals surface area contributed by atoms with Gasteiger partial charge in [-0.3, -0.25) is 9.59 Å². The summed E-state index contributed by atoms with van der Waals surface area (Å²) in [6.07, 6.45) is 1.58. The molecule has 0 aliphatic rings. The van der Waals surface area contributed by atoms with E-state index in [1.54, 1.807) is 18.3 Å². The summed E-state index contributed by atoms with van der Waals surface area (Å²) >= 11 is 5.99. The molecule has 0 atom stereocenters. The van der Waals surface area contributed by atoms with Crippen molar-refractivity contribution < 1.29 is 19.1 Å². The third kappa shape index (κ3) is 4.14. The molecule has 1 aromatic carbocycles. The van der Waals surface area contributed by atoms with Gasteiger partial charge >= 0.3 is 11.8 Å². The van der Waals surface area contributed by atoms with Gasteiger partial charge in [-0.2, -0.15) is 0 Å². The Labute approximate surface area is 143 Å². The summed E-state index contributed by atoms with van der Waals surface area (Å²) < 4.78 is 10.2. The van der Waals surface area contributed by atoms with E-state index in [2.05, 4.69) is 15.6 Å². The summed E-state index contributed by atoms with van der Waals surface area (Å²) in [5.41, 5.74) is 1.20. The van der Waals surface area contributed by atoms with Gasteiger partial charge in [0.2, 0.25) is 0 Å². The van der Waals surface area contributed by atoms with E-state index in [-0.39, 0.29) is 11.5 Å². The lowest BCUT2D eigenvalue weighted by Crippen LogP contribution is -2.29. The maximum Gasteiger partial charge on any atom is 0.315 e. The summed E-state index contributed by atoms with van der Waals surface area (Å²) in [7, 11) is 2.86. The van der Waals surface area contributed by atoms with Gasteiger partial charge in [-0.05, 0) is 18.6 Å². The number of aryl methyl sites for hydroxylation is 1. The van der Waals surface area contributed by atoms with E-state index in [9.17, 15) is 9.59 Å². The molecule has 24 heavy (non-hydrogen) atoms. The van der Waals surface area contributed by atoms with E-state index in [0.29, 0.717) is 16.5 Å². The first-order chi connectivity index (χ1) is 11.4. The van der Waals surface area contributed by atoms with Gasteiger partial charge in [-0.25, -0.2) is 4.98 Å². The quantitative estimate of drug-likeness (QED) is 0.828. The number of aromatic nitrogens is 1. The van der Waals surface area contributed by atoms with E-state index >= 15 is 0 Å². The number of hydrogen-bond donors (Lipinski definition) is 2. The summed E-state index contributed by atoms with van der Waals surface area (Å²) in [5.74, 6) is -0.812. The summed E-state index contributed by atoms with van der Waals surface area (Å²) in [6.45, 7) is 1.87. The van der Waals surface area contributed by atoms with Crippen molar-refractivity contribution in [2.75, 3.05) is 24.9 Å². The lowest BCUT2D eigenvalue weighted by Gasteiger charge is -2.13. The number of hydrogen-bond acceptors (Lipinski definition) is 5. The van der Waals surface area contributed by atoms with Gasteiger partial charge in [-0.15, -0.1) is 0 Å². The van der Waals surface area contributed by atoms with Crippen LogP contribution in [0.4, 0.5) is 11.5 Å². The number of nitrogens with one attached hydrogen (secondary N) is 2. The number of pyridine rings is 1. The predicted octanol–water partition coefficient (Wildman–Crippen LogP) is 2.64. The number of anilines is 2. The minimum atomic E-state index is -0.875. The molecular weight excluding hydrogens is 334 g/mol. The lowest BCUT2D eigenvalue weighted by molar-refractivity contribution is -0.133. The Morgan fingerprint density at radius 2 is 1.71 bits per heavy atom. The SMILES string of the molecule is COc1cc(NC(=O)C(=O)Nc2ccc(C)cn2)c(OC)cc1Cl. The fourth-order valence-electron chi connectivity index (χ4n) is 1.85. The van der Waals surface area contributed by atoms with Crippen LogP contribution in [0.5, 0.6) is 11.5 Å². The molecule has 126 valence electrons. The normalized spacial score (nSPS) is 10.0. The number of carbonyl (C=O) groups is 2. The van der Waals surface area contributed by atoms with Crippen LogP contribution in [0.15, 0.2) is 30.5 Å². The van der Waals surface area contributed by atoms with Crippen LogP contribution < -0.4 is 20.1 Å². The molecule has 7 nitrogen and oxygen atoms in total. The molecule has 0 aliphatic carbocycles. The van der Waals surface area contributed by atoms with Crippen molar-refractivity contribution in [3.8, 4) is 11.5 Å². The van der Waals surface area contributed by atoms with Crippen LogP contribution in [0, 0.1) is 6.92 Å². The van der Waals surface area contributed by atoms with Crippen LogP contribution in [-0.4, -0.2) is 31.0 Å². The minimum absolute atomic E-state index is 0.260. The molecule has 0 saturated carbocycles. The third-order valence-electron chi connectivity index (χ3n) is 3.08. The molecular formula is C16H16ClN3O4. The van der Waals surface area contributed by atoms with Gasteiger partial charge in [-0.1, -0.05) is 17.7 Å². The molecule has 0 aliphatic heterocycles. The van der Waals surface area contributed by atoms with Crippen LogP contribution in [-0.2, 0) is 9.59 Å². The molecule has 0 radical (unpaired) electrons. The van der Waals surface area contributed by atoms with Gasteiger partial charge in [0.15, 0.2) is 0 Å². The molecule has 2 N–H and O–H groups in total. The van der Waals surface area contributed by atoms with Crippen LogP contribution in [0.1, 0.15) is 5.56 Å². The van der Waals surface area contributed by atoms with E-state index in [1.807, 2.05) is 6.92 Å². The van der Waals surface area contributed by atoms with Gasteiger partial charge in [0.1, 0.15) is 17.3 Å². The second-order valence-electron chi connectivity index (χ2n) is 4.82. The van der Waals surface area contributed by atoms with Crippen LogP contribution in [0.2, 0.25) is 5.02 Å². The lowest BCUT2D eigenvalue weighted by atomic mass is 10.2. The number of benzene rings is 1. The summed E-state index contributed by atoms with van der Waals surface area (Å²) in [5, 5.41) is 5.18. The van der Waals surface area contributed by atoms with Crippen molar-refractivity contribution in [3.05, 3.63) is 41.0 Å². The van der Waals surface area contributed by atoms with Crippen molar-refractivity contribution >= 4 is 34.9 Å². The highest BCUT2D eigenvalue weighted by Crippen LogP contribution is 2.35. The molecule has 1 aromatic heterocycles. The number of rotatable bonds is 4. The predicted molar refractivity (Wildman–Crippen MR) is 90.8 cm³/mol. The average molecular weight is 350 g/mol. The van der Waals surface area contributed by atoms with Crippen molar-refractivity contribution in [3.63, 3.8) is 0 Å². The minimum Gasteiger partial charge on any atom is -0.495 e. The smallest absolute Gasteiger partial charge is 0.315 e. The van der Waals surface area contributed by atoms with E-state index in [0.717, 1.165) is 5.56 Å². The number of halogens is 1. The summed E-state index contributed by atoms with van der Waals surface area (Å²) in [6, 6.07) is 6.33. The Morgan fingerprint density at radius 1 is 1.04 bits per heavy atom.